The molecule has 8 nitrogen and oxygen atoms in total. The molecule has 9 heteroatoms. The molecule has 0 atom stereocenters. The Labute approximate surface area is 148 Å². The highest BCUT2D eigenvalue weighted by molar-refractivity contribution is 7.21. The minimum absolute atomic E-state index is 0.0717. The molecule has 2 aromatic rings. The Morgan fingerprint density at radius 2 is 2.16 bits per heavy atom. The number of amides is 1. The number of aliphatic hydroxyl groups excluding tert-OH is 1. The number of nitrogen functional groups attached to an aromatic ring is 1. The minimum atomic E-state index is -0.562. The highest BCUT2D eigenvalue weighted by Crippen LogP contribution is 2.37. The number of nitroso groups, excluding NO2 is 1. The van der Waals surface area contributed by atoms with Crippen molar-refractivity contribution in [2.24, 2.45) is 10.9 Å². The molecule has 0 unspecified atom stereocenters. The summed E-state index contributed by atoms with van der Waals surface area (Å²) >= 11 is 1.19. The number of primary amides is 1. The van der Waals surface area contributed by atoms with E-state index in [1.807, 2.05) is 6.07 Å². The lowest BCUT2D eigenvalue weighted by Crippen LogP contribution is -2.35. The fraction of sp³-hybridized carbons (Fsp3) is 0.500. The summed E-state index contributed by atoms with van der Waals surface area (Å²) in [4.78, 5) is 30.1. The molecule has 0 saturated carbocycles. The van der Waals surface area contributed by atoms with Crippen LogP contribution in [0.25, 0.3) is 10.2 Å². The SMILES string of the molecule is NC(=O)c1sc2nc(N3CCC(N=O)CC3)cc(CCCO)c2c1N. The van der Waals surface area contributed by atoms with Crippen LogP contribution in [0.4, 0.5) is 11.5 Å². The lowest BCUT2D eigenvalue weighted by atomic mass is 10.0. The molecule has 1 amide bonds. The van der Waals surface area contributed by atoms with E-state index in [0.29, 0.717) is 54.2 Å². The van der Waals surface area contributed by atoms with Gasteiger partial charge in [-0.25, -0.2) is 4.98 Å². The summed E-state index contributed by atoms with van der Waals surface area (Å²) in [6.07, 6.45) is 2.63. The van der Waals surface area contributed by atoms with Crippen molar-refractivity contribution in [3.63, 3.8) is 0 Å². The zero-order valence-corrected chi connectivity index (χ0v) is 14.6. The first kappa shape index (κ1) is 17.6. The van der Waals surface area contributed by atoms with Gasteiger partial charge in [-0.05, 0) is 37.3 Å². The van der Waals surface area contributed by atoms with Crippen LogP contribution in [0.1, 0.15) is 34.5 Å². The van der Waals surface area contributed by atoms with E-state index in [1.165, 1.54) is 11.3 Å². The number of pyridine rings is 1. The number of aliphatic hydroxyl groups is 1. The summed E-state index contributed by atoms with van der Waals surface area (Å²) in [5, 5.41) is 13.0. The Bertz CT molecular complexity index is 799. The monoisotopic (exact) mass is 363 g/mol. The summed E-state index contributed by atoms with van der Waals surface area (Å²) in [6.45, 7) is 1.48. The molecule has 3 heterocycles. The fourth-order valence-corrected chi connectivity index (χ4v) is 4.19. The molecule has 0 aliphatic carbocycles. The molecule has 0 aromatic carbocycles. The number of piperidine rings is 1. The number of carbonyl (C=O) groups excluding carboxylic acids is 1. The van der Waals surface area contributed by atoms with Gasteiger partial charge in [0, 0.05) is 25.1 Å². The van der Waals surface area contributed by atoms with Crippen molar-refractivity contribution >= 4 is 39.0 Å². The van der Waals surface area contributed by atoms with Crippen molar-refractivity contribution < 1.29 is 9.90 Å². The minimum Gasteiger partial charge on any atom is -0.397 e. The van der Waals surface area contributed by atoms with Crippen LogP contribution in [0.2, 0.25) is 0 Å². The van der Waals surface area contributed by atoms with E-state index in [0.717, 1.165) is 16.8 Å². The van der Waals surface area contributed by atoms with Crippen LogP contribution in [0, 0.1) is 4.91 Å². The molecule has 1 aliphatic rings. The number of nitrogens with zero attached hydrogens (tertiary/aromatic N) is 3. The number of anilines is 2. The second kappa shape index (κ2) is 7.32. The first-order valence-corrected chi connectivity index (χ1v) is 9.06. The summed E-state index contributed by atoms with van der Waals surface area (Å²) < 4.78 is 0. The van der Waals surface area contributed by atoms with Gasteiger partial charge in [0.25, 0.3) is 5.91 Å². The van der Waals surface area contributed by atoms with Crippen LogP contribution in [-0.2, 0) is 6.42 Å². The third kappa shape index (κ3) is 3.42. The maximum Gasteiger partial charge on any atom is 0.260 e. The molecule has 134 valence electrons. The Hall–Kier alpha value is -2.26. The van der Waals surface area contributed by atoms with Crippen molar-refractivity contribution in [1.82, 2.24) is 4.98 Å². The van der Waals surface area contributed by atoms with Crippen LogP contribution < -0.4 is 16.4 Å². The smallest absolute Gasteiger partial charge is 0.260 e. The van der Waals surface area contributed by atoms with E-state index in [-0.39, 0.29) is 12.6 Å². The van der Waals surface area contributed by atoms with E-state index in [2.05, 4.69) is 15.1 Å². The zero-order valence-electron chi connectivity index (χ0n) is 13.8. The van der Waals surface area contributed by atoms with Crippen LogP contribution in [-0.4, -0.2) is 41.7 Å². The third-order valence-electron chi connectivity index (χ3n) is 4.53. The first-order valence-electron chi connectivity index (χ1n) is 8.25. The van der Waals surface area contributed by atoms with Crippen molar-refractivity contribution in [3.8, 4) is 0 Å². The maximum absolute atomic E-state index is 11.6. The van der Waals surface area contributed by atoms with Gasteiger partial charge in [0.2, 0.25) is 0 Å². The van der Waals surface area contributed by atoms with E-state index in [9.17, 15) is 9.70 Å². The highest BCUT2D eigenvalue weighted by Gasteiger charge is 2.23. The molecule has 5 N–H and O–H groups in total. The molecule has 0 spiro atoms. The van der Waals surface area contributed by atoms with Crippen molar-refractivity contribution in [2.75, 3.05) is 30.3 Å². The lowest BCUT2D eigenvalue weighted by Gasteiger charge is -2.30. The predicted molar refractivity (Wildman–Crippen MR) is 99.0 cm³/mol. The summed E-state index contributed by atoms with van der Waals surface area (Å²) in [5.41, 5.74) is 12.9. The number of hydrogen-bond acceptors (Lipinski definition) is 8. The largest absolute Gasteiger partial charge is 0.397 e. The number of aryl methyl sites for hydroxylation is 1. The van der Waals surface area contributed by atoms with Crippen LogP contribution in [0.5, 0.6) is 0 Å². The van der Waals surface area contributed by atoms with Crippen LogP contribution in [0.15, 0.2) is 11.2 Å². The van der Waals surface area contributed by atoms with E-state index >= 15 is 0 Å². The zero-order chi connectivity index (χ0) is 18.0. The average Bonchev–Trinajstić information content (AvgIpc) is 2.97. The fourth-order valence-electron chi connectivity index (χ4n) is 3.20. The summed E-state index contributed by atoms with van der Waals surface area (Å²) in [6, 6.07) is 1.83. The van der Waals surface area contributed by atoms with Crippen molar-refractivity contribution in [1.29, 1.82) is 0 Å². The van der Waals surface area contributed by atoms with Gasteiger partial charge in [0.15, 0.2) is 0 Å². The number of nitrogens with two attached hydrogens (primary N) is 2. The molecule has 1 aliphatic heterocycles. The molecule has 2 aromatic heterocycles. The van der Waals surface area contributed by atoms with Gasteiger partial charge >= 0.3 is 0 Å². The quantitative estimate of drug-likeness (QED) is 0.668. The topological polar surface area (TPSA) is 135 Å². The number of thiophene rings is 1. The molecular formula is C16H21N5O3S. The Morgan fingerprint density at radius 3 is 2.76 bits per heavy atom. The summed E-state index contributed by atoms with van der Waals surface area (Å²) in [7, 11) is 0. The van der Waals surface area contributed by atoms with Gasteiger partial charge < -0.3 is 21.5 Å². The van der Waals surface area contributed by atoms with Gasteiger partial charge in [-0.1, -0.05) is 5.18 Å². The number of rotatable bonds is 6. The predicted octanol–water partition coefficient (Wildman–Crippen LogP) is 1.64. The molecular weight excluding hydrogens is 342 g/mol. The normalized spacial score (nSPS) is 15.6. The number of aromatic nitrogens is 1. The summed E-state index contributed by atoms with van der Waals surface area (Å²) in [5.74, 6) is 0.232. The average molecular weight is 363 g/mol. The second-order valence-corrected chi connectivity index (χ2v) is 7.18. The standard InChI is InChI=1S/C16H21N5O3S/c17-13-12-9(2-1-7-22)8-11(19-16(12)25-14(13)15(18)23)21-5-3-10(20-24)4-6-21/h8,10,22H,1-7,17H2,(H2,18,23). The number of hydrogen-bond donors (Lipinski definition) is 3. The lowest BCUT2D eigenvalue weighted by molar-refractivity contribution is 0.100. The highest BCUT2D eigenvalue weighted by atomic mass is 32.1. The molecule has 1 fully saturated rings. The van der Waals surface area contributed by atoms with Gasteiger partial charge in [0.05, 0.1) is 11.7 Å². The molecule has 3 rings (SSSR count). The Balaban J connectivity index is 2.02. The Morgan fingerprint density at radius 1 is 1.44 bits per heavy atom. The second-order valence-electron chi connectivity index (χ2n) is 6.18. The van der Waals surface area contributed by atoms with Gasteiger partial charge in [-0.2, -0.15) is 4.91 Å². The molecule has 25 heavy (non-hydrogen) atoms. The molecule has 0 radical (unpaired) electrons. The number of carbonyl (C=O) groups is 1. The van der Waals surface area contributed by atoms with Gasteiger partial charge in [0.1, 0.15) is 15.5 Å². The number of fused-ring (bicyclic) bond motifs is 1. The van der Waals surface area contributed by atoms with Gasteiger partial charge in [-0.3, -0.25) is 4.79 Å². The van der Waals surface area contributed by atoms with E-state index in [1.54, 1.807) is 0 Å². The Kier molecular flexibility index (Phi) is 5.14. The maximum atomic E-state index is 11.6. The van der Waals surface area contributed by atoms with Crippen LogP contribution in [0.3, 0.4) is 0 Å². The van der Waals surface area contributed by atoms with Crippen molar-refractivity contribution in [3.05, 3.63) is 21.4 Å². The first-order chi connectivity index (χ1) is 12.0. The molecule has 0 bridgehead atoms. The van der Waals surface area contributed by atoms with Crippen molar-refractivity contribution in [2.45, 2.75) is 31.7 Å². The van der Waals surface area contributed by atoms with E-state index in [4.69, 9.17) is 16.6 Å². The van der Waals surface area contributed by atoms with Gasteiger partial charge in [-0.15, -0.1) is 11.3 Å². The van der Waals surface area contributed by atoms with E-state index < -0.39 is 5.91 Å². The molecule has 1 saturated heterocycles. The third-order valence-corrected chi connectivity index (χ3v) is 5.65. The van der Waals surface area contributed by atoms with Crippen LogP contribution >= 0.6 is 11.3 Å².